The fourth-order valence-electron chi connectivity index (χ4n) is 2.21. The Kier molecular flexibility index (Phi) is 6.22. The number of hydrogen-bond donors (Lipinski definition) is 3. The Morgan fingerprint density at radius 3 is 2.40 bits per heavy atom. The van der Waals surface area contributed by atoms with Crippen LogP contribution in [0.4, 0.5) is 4.79 Å². The van der Waals surface area contributed by atoms with Crippen molar-refractivity contribution in [1.82, 2.24) is 16.0 Å². The van der Waals surface area contributed by atoms with Crippen LogP contribution >= 0.6 is 11.8 Å². The zero-order chi connectivity index (χ0) is 19.4. The van der Waals surface area contributed by atoms with Crippen LogP contribution < -0.4 is 16.0 Å². The van der Waals surface area contributed by atoms with Crippen molar-refractivity contribution in [2.24, 2.45) is 11.3 Å². The van der Waals surface area contributed by atoms with Crippen LogP contribution in [0.2, 0.25) is 0 Å². The van der Waals surface area contributed by atoms with Gasteiger partial charge in [0.2, 0.25) is 11.8 Å². The number of carbonyl (C=O) groups is 3. The first-order chi connectivity index (χ1) is 11.4. The molecular formula is C16H21N5O3S. The number of nitriles is 2. The van der Waals surface area contributed by atoms with Gasteiger partial charge >= 0.3 is 6.03 Å². The smallest absolute Gasteiger partial charge is 0.321 e. The first-order valence-electron chi connectivity index (χ1n) is 7.52. The Hall–Kier alpha value is -2.52. The van der Waals surface area contributed by atoms with Gasteiger partial charge in [-0.25, -0.2) is 4.79 Å². The number of rotatable bonds is 3. The summed E-state index contributed by atoms with van der Waals surface area (Å²) in [5.74, 6) is -2.23. The number of hydrogen-bond acceptors (Lipinski definition) is 6. The van der Waals surface area contributed by atoms with Gasteiger partial charge in [-0.1, -0.05) is 25.6 Å². The topological polar surface area (TPSA) is 135 Å². The van der Waals surface area contributed by atoms with Crippen LogP contribution in [0.15, 0.2) is 10.6 Å². The predicted octanol–water partition coefficient (Wildman–Crippen LogP) is 1.37. The third-order valence-corrected chi connectivity index (χ3v) is 4.42. The molecule has 1 aliphatic rings. The summed E-state index contributed by atoms with van der Waals surface area (Å²) >= 11 is 0.940. The molecule has 0 aromatic heterocycles. The molecule has 0 saturated heterocycles. The second-order valence-corrected chi connectivity index (χ2v) is 8.12. The second-order valence-electron chi connectivity index (χ2n) is 7.13. The number of nitrogens with zero attached hydrogens (tertiary/aromatic N) is 2. The molecule has 0 fully saturated rings. The summed E-state index contributed by atoms with van der Waals surface area (Å²) in [6.45, 7) is 8.61. The lowest BCUT2D eigenvalue weighted by Crippen LogP contribution is -2.49. The lowest BCUT2D eigenvalue weighted by molar-refractivity contribution is -0.125. The average Bonchev–Trinajstić information content (AvgIpc) is 2.42. The summed E-state index contributed by atoms with van der Waals surface area (Å²) in [4.78, 5) is 35.6. The van der Waals surface area contributed by atoms with E-state index in [2.05, 4.69) is 16.0 Å². The van der Waals surface area contributed by atoms with Gasteiger partial charge < -0.3 is 10.6 Å². The van der Waals surface area contributed by atoms with E-state index in [0.29, 0.717) is 0 Å². The lowest BCUT2D eigenvalue weighted by Gasteiger charge is -2.34. The molecule has 1 atom stereocenters. The first kappa shape index (κ1) is 20.5. The van der Waals surface area contributed by atoms with Gasteiger partial charge in [0.25, 0.3) is 0 Å². The highest BCUT2D eigenvalue weighted by molar-refractivity contribution is 8.03. The minimum absolute atomic E-state index is 0.161. The van der Waals surface area contributed by atoms with Gasteiger partial charge in [-0.2, -0.15) is 10.5 Å². The summed E-state index contributed by atoms with van der Waals surface area (Å²) in [5, 5.41) is 26.0. The molecule has 3 N–H and O–H groups in total. The van der Waals surface area contributed by atoms with Gasteiger partial charge in [-0.05, 0) is 20.8 Å². The van der Waals surface area contributed by atoms with E-state index in [1.807, 2.05) is 12.1 Å². The molecule has 0 aromatic carbocycles. The van der Waals surface area contributed by atoms with Gasteiger partial charge in [0.05, 0.1) is 28.5 Å². The summed E-state index contributed by atoms with van der Waals surface area (Å²) < 4.78 is 0. The lowest BCUT2D eigenvalue weighted by atomic mass is 9.72. The van der Waals surface area contributed by atoms with E-state index in [4.69, 9.17) is 5.26 Å². The van der Waals surface area contributed by atoms with Gasteiger partial charge in [0.15, 0.2) is 0 Å². The van der Waals surface area contributed by atoms with Crippen LogP contribution in [0.3, 0.4) is 0 Å². The zero-order valence-corrected chi connectivity index (χ0v) is 15.6. The van der Waals surface area contributed by atoms with Crippen molar-refractivity contribution in [3.8, 4) is 12.1 Å². The molecule has 0 unspecified atom stereocenters. The van der Waals surface area contributed by atoms with Crippen molar-refractivity contribution in [2.45, 2.75) is 40.2 Å². The van der Waals surface area contributed by atoms with E-state index in [1.54, 1.807) is 34.6 Å². The molecule has 4 amide bonds. The van der Waals surface area contributed by atoms with E-state index >= 15 is 0 Å². The van der Waals surface area contributed by atoms with Gasteiger partial charge in [-0.3, -0.25) is 14.9 Å². The Bertz CT molecular complexity index is 707. The van der Waals surface area contributed by atoms with Crippen LogP contribution in [0.5, 0.6) is 0 Å². The standard InChI is InChI=1S/C16H21N5O3S/c1-15(2,3)21-14(24)19-11(22)8-25-13-10(7-18)16(4,5)9(6-17)12(23)20-13/h9H,8H2,1-5H3,(H,20,23)(H2,19,21,22,24)/t9-/m0/s1. The zero-order valence-electron chi connectivity index (χ0n) is 14.8. The van der Waals surface area contributed by atoms with Crippen molar-refractivity contribution in [2.75, 3.05) is 5.75 Å². The summed E-state index contributed by atoms with van der Waals surface area (Å²) in [6.07, 6.45) is 0. The molecule has 9 heteroatoms. The van der Waals surface area contributed by atoms with Crippen LogP contribution in [0.25, 0.3) is 0 Å². The van der Waals surface area contributed by atoms with Crippen molar-refractivity contribution >= 4 is 29.6 Å². The molecule has 1 heterocycles. The number of nitrogens with one attached hydrogen (secondary N) is 3. The van der Waals surface area contributed by atoms with E-state index in [0.717, 1.165) is 11.8 Å². The molecule has 0 radical (unpaired) electrons. The molecule has 0 saturated carbocycles. The van der Waals surface area contributed by atoms with Crippen LogP contribution in [0.1, 0.15) is 34.6 Å². The average molecular weight is 363 g/mol. The molecule has 134 valence electrons. The highest BCUT2D eigenvalue weighted by Crippen LogP contribution is 2.41. The molecule has 0 bridgehead atoms. The van der Waals surface area contributed by atoms with E-state index in [9.17, 15) is 19.6 Å². The number of urea groups is 1. The summed E-state index contributed by atoms with van der Waals surface area (Å²) in [5.41, 5.74) is -1.22. The SMILES string of the molecule is CC(C)(C)NC(=O)NC(=O)CSC1=C(C#N)C(C)(C)[C@@H](C#N)C(=O)N1. The Morgan fingerprint density at radius 2 is 1.92 bits per heavy atom. The Labute approximate surface area is 151 Å². The van der Waals surface area contributed by atoms with Crippen molar-refractivity contribution < 1.29 is 14.4 Å². The molecular weight excluding hydrogens is 342 g/mol. The monoisotopic (exact) mass is 363 g/mol. The quantitative estimate of drug-likeness (QED) is 0.693. The summed E-state index contributed by atoms with van der Waals surface area (Å²) in [6, 6.07) is 3.29. The number of imide groups is 1. The molecule has 25 heavy (non-hydrogen) atoms. The first-order valence-corrected chi connectivity index (χ1v) is 8.51. The van der Waals surface area contributed by atoms with Crippen molar-refractivity contribution in [1.29, 1.82) is 10.5 Å². The highest BCUT2D eigenvalue weighted by Gasteiger charge is 2.44. The molecule has 8 nitrogen and oxygen atoms in total. The van der Waals surface area contributed by atoms with Crippen LogP contribution in [0, 0.1) is 34.0 Å². The number of amides is 4. The van der Waals surface area contributed by atoms with Crippen molar-refractivity contribution in [3.05, 3.63) is 10.6 Å². The molecule has 1 rings (SSSR count). The number of allylic oxidation sites excluding steroid dienone is 1. The maximum atomic E-state index is 12.0. The van der Waals surface area contributed by atoms with Crippen LogP contribution in [-0.4, -0.2) is 29.1 Å². The minimum Gasteiger partial charge on any atom is -0.333 e. The maximum absolute atomic E-state index is 12.0. The van der Waals surface area contributed by atoms with Gasteiger partial charge in [-0.15, -0.1) is 0 Å². The normalized spacial score (nSPS) is 19.3. The minimum atomic E-state index is -0.988. The van der Waals surface area contributed by atoms with E-state index in [1.165, 1.54) is 0 Å². The molecule has 0 aromatic rings. The third-order valence-electron chi connectivity index (χ3n) is 3.42. The second kappa shape index (κ2) is 7.58. The van der Waals surface area contributed by atoms with E-state index in [-0.39, 0.29) is 16.4 Å². The Morgan fingerprint density at radius 1 is 1.32 bits per heavy atom. The Balaban J connectivity index is 2.82. The van der Waals surface area contributed by atoms with Gasteiger partial charge in [0.1, 0.15) is 5.92 Å². The number of thioether (sulfide) groups is 1. The summed E-state index contributed by atoms with van der Waals surface area (Å²) in [7, 11) is 0. The number of carbonyl (C=O) groups excluding carboxylic acids is 3. The van der Waals surface area contributed by atoms with E-state index < -0.39 is 34.7 Å². The predicted molar refractivity (Wildman–Crippen MR) is 92.6 cm³/mol. The maximum Gasteiger partial charge on any atom is 0.321 e. The van der Waals surface area contributed by atoms with Crippen LogP contribution in [-0.2, 0) is 9.59 Å². The third kappa shape index (κ3) is 5.23. The fourth-order valence-corrected chi connectivity index (χ4v) is 3.18. The highest BCUT2D eigenvalue weighted by atomic mass is 32.2. The van der Waals surface area contributed by atoms with Gasteiger partial charge in [0, 0.05) is 11.0 Å². The fraction of sp³-hybridized carbons (Fsp3) is 0.562. The largest absolute Gasteiger partial charge is 0.333 e. The van der Waals surface area contributed by atoms with Crippen molar-refractivity contribution in [3.63, 3.8) is 0 Å². The molecule has 0 spiro atoms. The molecule has 1 aliphatic heterocycles. The molecule has 0 aliphatic carbocycles.